The van der Waals surface area contributed by atoms with E-state index in [0.29, 0.717) is 0 Å². The second-order valence-electron chi connectivity index (χ2n) is 8.26. The summed E-state index contributed by atoms with van der Waals surface area (Å²) in [7, 11) is 0. The fourth-order valence-electron chi connectivity index (χ4n) is 4.39. The van der Waals surface area contributed by atoms with Crippen molar-refractivity contribution in [2.75, 3.05) is 13.1 Å². The topological polar surface area (TPSA) is 29.3 Å². The van der Waals surface area contributed by atoms with Crippen LogP contribution >= 0.6 is 0 Å². The van der Waals surface area contributed by atoms with E-state index in [2.05, 4.69) is 32.6 Å². The first-order valence-electron chi connectivity index (χ1n) is 12.2. The van der Waals surface area contributed by atoms with E-state index in [-0.39, 0.29) is 0 Å². The Morgan fingerprint density at radius 3 is 1.31 bits per heavy atom. The second kappa shape index (κ2) is 19.7. The Bertz CT molecular complexity index is 253. The van der Waals surface area contributed by atoms with Gasteiger partial charge in [0, 0.05) is 12.1 Å². The van der Waals surface area contributed by atoms with Gasteiger partial charge in [-0.05, 0) is 51.6 Å². The molecular formula is C24H52N2. The summed E-state index contributed by atoms with van der Waals surface area (Å²) in [5.74, 6) is 0. The smallest absolute Gasteiger partial charge is 0.00954 e. The highest BCUT2D eigenvalue weighted by Crippen LogP contribution is 2.21. The summed E-state index contributed by atoms with van der Waals surface area (Å²) in [6.45, 7) is 11.7. The maximum Gasteiger partial charge on any atom is 0.00954 e. The van der Waals surface area contributed by atoms with Crippen molar-refractivity contribution in [2.45, 2.75) is 143 Å². The first kappa shape index (κ1) is 25.9. The van der Waals surface area contributed by atoms with Crippen LogP contribution in [0.2, 0.25) is 0 Å². The van der Waals surface area contributed by atoms with Crippen LogP contribution in [0, 0.1) is 0 Å². The van der Waals surface area contributed by atoms with Gasteiger partial charge >= 0.3 is 0 Å². The van der Waals surface area contributed by atoms with Crippen molar-refractivity contribution in [2.24, 2.45) is 5.73 Å². The Labute approximate surface area is 166 Å². The zero-order valence-electron chi connectivity index (χ0n) is 18.9. The van der Waals surface area contributed by atoms with Gasteiger partial charge in [-0.3, -0.25) is 4.90 Å². The highest BCUT2D eigenvalue weighted by molar-refractivity contribution is 4.78. The Balaban J connectivity index is 3.98. The van der Waals surface area contributed by atoms with Gasteiger partial charge in [0.1, 0.15) is 0 Å². The molecule has 0 bridgehead atoms. The SMILES string of the molecule is CCCC(CC)N(CCCCCCCCCCCCN)C(CC)CCC. The molecule has 2 nitrogen and oxygen atoms in total. The van der Waals surface area contributed by atoms with E-state index in [1.807, 2.05) is 0 Å². The number of nitrogens with two attached hydrogens (primary N) is 1. The highest BCUT2D eigenvalue weighted by atomic mass is 15.2. The van der Waals surface area contributed by atoms with E-state index in [1.54, 1.807) is 0 Å². The molecule has 0 spiro atoms. The van der Waals surface area contributed by atoms with Gasteiger partial charge in [0.2, 0.25) is 0 Å². The summed E-state index contributed by atoms with van der Waals surface area (Å²) in [5.41, 5.74) is 5.54. The van der Waals surface area contributed by atoms with Crippen molar-refractivity contribution in [1.82, 2.24) is 4.90 Å². The van der Waals surface area contributed by atoms with Crippen LogP contribution in [0.4, 0.5) is 0 Å². The molecule has 0 heterocycles. The van der Waals surface area contributed by atoms with Gasteiger partial charge in [-0.1, -0.05) is 91.9 Å². The summed E-state index contributed by atoms with van der Waals surface area (Å²) < 4.78 is 0. The predicted octanol–water partition coefficient (Wildman–Crippen LogP) is 7.31. The summed E-state index contributed by atoms with van der Waals surface area (Å²) in [5, 5.41) is 0. The van der Waals surface area contributed by atoms with Gasteiger partial charge in [-0.15, -0.1) is 0 Å². The average Bonchev–Trinajstić information content (AvgIpc) is 2.66. The molecule has 0 radical (unpaired) electrons. The maximum absolute atomic E-state index is 5.54. The maximum atomic E-state index is 5.54. The van der Waals surface area contributed by atoms with Gasteiger partial charge in [-0.25, -0.2) is 0 Å². The molecular weight excluding hydrogens is 316 g/mol. The van der Waals surface area contributed by atoms with Crippen molar-refractivity contribution in [1.29, 1.82) is 0 Å². The Kier molecular flexibility index (Phi) is 19.6. The molecule has 2 atom stereocenters. The lowest BCUT2D eigenvalue weighted by Crippen LogP contribution is -2.43. The molecule has 0 fully saturated rings. The summed E-state index contributed by atoms with van der Waals surface area (Å²) >= 11 is 0. The summed E-state index contributed by atoms with van der Waals surface area (Å²) in [4.78, 5) is 2.89. The lowest BCUT2D eigenvalue weighted by atomic mass is 9.99. The van der Waals surface area contributed by atoms with Gasteiger partial charge < -0.3 is 5.73 Å². The molecule has 0 aliphatic rings. The van der Waals surface area contributed by atoms with Crippen molar-refractivity contribution in [3.63, 3.8) is 0 Å². The molecule has 0 aliphatic heterocycles. The molecule has 158 valence electrons. The first-order valence-corrected chi connectivity index (χ1v) is 12.2. The lowest BCUT2D eigenvalue weighted by Gasteiger charge is -2.38. The molecule has 2 N–H and O–H groups in total. The standard InChI is InChI=1S/C24H52N2/c1-5-19-23(7-3)26(24(8-4)20-6-2)22-18-16-14-12-10-9-11-13-15-17-21-25/h23-24H,5-22,25H2,1-4H3. The minimum Gasteiger partial charge on any atom is -0.330 e. The molecule has 0 rings (SSSR count). The molecule has 0 aliphatic carbocycles. The number of hydrogen-bond donors (Lipinski definition) is 1. The van der Waals surface area contributed by atoms with Crippen LogP contribution in [0.25, 0.3) is 0 Å². The van der Waals surface area contributed by atoms with E-state index in [9.17, 15) is 0 Å². The van der Waals surface area contributed by atoms with Crippen molar-refractivity contribution < 1.29 is 0 Å². The summed E-state index contributed by atoms with van der Waals surface area (Å²) in [6, 6.07) is 1.62. The zero-order chi connectivity index (χ0) is 19.5. The van der Waals surface area contributed by atoms with Crippen LogP contribution < -0.4 is 5.73 Å². The highest BCUT2D eigenvalue weighted by Gasteiger charge is 2.22. The molecule has 0 aromatic rings. The normalized spacial score (nSPS) is 14.1. The summed E-state index contributed by atoms with van der Waals surface area (Å²) in [6.07, 6.45) is 21.9. The Hall–Kier alpha value is -0.0800. The number of nitrogens with zero attached hydrogens (tertiary/aromatic N) is 1. The fraction of sp³-hybridized carbons (Fsp3) is 1.00. The molecule has 0 amide bonds. The predicted molar refractivity (Wildman–Crippen MR) is 120 cm³/mol. The first-order chi connectivity index (χ1) is 12.7. The van der Waals surface area contributed by atoms with Crippen LogP contribution in [0.3, 0.4) is 0 Å². The molecule has 26 heavy (non-hydrogen) atoms. The van der Waals surface area contributed by atoms with E-state index >= 15 is 0 Å². The van der Waals surface area contributed by atoms with Crippen LogP contribution in [-0.4, -0.2) is 30.1 Å². The molecule has 0 saturated heterocycles. The van der Waals surface area contributed by atoms with E-state index in [0.717, 1.165) is 18.6 Å². The second-order valence-corrected chi connectivity index (χ2v) is 8.26. The van der Waals surface area contributed by atoms with Gasteiger partial charge in [-0.2, -0.15) is 0 Å². The van der Waals surface area contributed by atoms with Crippen molar-refractivity contribution in [3.05, 3.63) is 0 Å². The van der Waals surface area contributed by atoms with Crippen LogP contribution in [0.1, 0.15) is 130 Å². The largest absolute Gasteiger partial charge is 0.330 e. The van der Waals surface area contributed by atoms with Gasteiger partial charge in [0.25, 0.3) is 0 Å². The fourth-order valence-corrected chi connectivity index (χ4v) is 4.39. The minimum absolute atomic E-state index is 0.810. The van der Waals surface area contributed by atoms with E-state index < -0.39 is 0 Å². The average molecular weight is 369 g/mol. The van der Waals surface area contributed by atoms with E-state index in [4.69, 9.17) is 5.73 Å². The molecule has 0 saturated carbocycles. The minimum atomic E-state index is 0.810. The van der Waals surface area contributed by atoms with Gasteiger partial charge in [0.05, 0.1) is 0 Å². The molecule has 0 aromatic carbocycles. The zero-order valence-corrected chi connectivity index (χ0v) is 18.9. The van der Waals surface area contributed by atoms with E-state index in [1.165, 1.54) is 109 Å². The third-order valence-electron chi connectivity index (χ3n) is 5.99. The lowest BCUT2D eigenvalue weighted by molar-refractivity contribution is 0.108. The van der Waals surface area contributed by atoms with Crippen LogP contribution in [0.5, 0.6) is 0 Å². The Morgan fingerprint density at radius 1 is 0.577 bits per heavy atom. The number of hydrogen-bond acceptors (Lipinski definition) is 2. The number of unbranched alkanes of at least 4 members (excludes halogenated alkanes) is 9. The van der Waals surface area contributed by atoms with Crippen LogP contribution in [0.15, 0.2) is 0 Å². The monoisotopic (exact) mass is 368 g/mol. The van der Waals surface area contributed by atoms with Crippen molar-refractivity contribution in [3.8, 4) is 0 Å². The molecule has 2 heteroatoms. The van der Waals surface area contributed by atoms with Crippen molar-refractivity contribution >= 4 is 0 Å². The van der Waals surface area contributed by atoms with Crippen LogP contribution in [-0.2, 0) is 0 Å². The van der Waals surface area contributed by atoms with Gasteiger partial charge in [0.15, 0.2) is 0 Å². The molecule has 0 aromatic heterocycles. The Morgan fingerprint density at radius 2 is 0.962 bits per heavy atom. The third-order valence-corrected chi connectivity index (χ3v) is 5.99. The quantitative estimate of drug-likeness (QED) is 0.228. The molecule has 2 unspecified atom stereocenters. The third kappa shape index (κ3) is 13.1. The number of rotatable bonds is 20.